The summed E-state index contributed by atoms with van der Waals surface area (Å²) in [5.74, 6) is -0.533. The van der Waals surface area contributed by atoms with Crippen LogP contribution in [0.15, 0.2) is 36.5 Å². The van der Waals surface area contributed by atoms with Crippen molar-refractivity contribution in [1.29, 1.82) is 0 Å². The number of halogens is 3. The van der Waals surface area contributed by atoms with Crippen molar-refractivity contribution < 1.29 is 9.18 Å². The number of carbonyl (C=O) groups is 1. The van der Waals surface area contributed by atoms with Crippen LogP contribution in [-0.2, 0) is 0 Å². The van der Waals surface area contributed by atoms with E-state index < -0.39 is 11.7 Å². The molecule has 3 aromatic rings. The van der Waals surface area contributed by atoms with Gasteiger partial charge in [-0.25, -0.2) is 9.37 Å². The monoisotopic (exact) mass is 368 g/mol. The van der Waals surface area contributed by atoms with Gasteiger partial charge in [0.05, 0.1) is 16.2 Å². The highest BCUT2D eigenvalue weighted by Gasteiger charge is 2.13. The van der Waals surface area contributed by atoms with Gasteiger partial charge < -0.3 is 0 Å². The van der Waals surface area contributed by atoms with Gasteiger partial charge in [-0.1, -0.05) is 23.2 Å². The van der Waals surface area contributed by atoms with Crippen molar-refractivity contribution >= 4 is 45.8 Å². The summed E-state index contributed by atoms with van der Waals surface area (Å²) in [5, 5.41) is 3.55. The summed E-state index contributed by atoms with van der Waals surface area (Å²) >= 11 is 12.7. The summed E-state index contributed by atoms with van der Waals surface area (Å²) in [5.41, 5.74) is 0.758. The Kier molecular flexibility index (Phi) is 4.51. The number of benzene rings is 1. The summed E-state index contributed by atoms with van der Waals surface area (Å²) in [6.07, 6.45) is 1.07. The van der Waals surface area contributed by atoms with Crippen LogP contribution in [-0.4, -0.2) is 20.2 Å². The van der Waals surface area contributed by atoms with Gasteiger partial charge in [0, 0.05) is 17.1 Å². The standard InChI is InChI=1S/C14H7Cl2FN4OS/c15-9-3-1-7(5-10(9)16)13(22)20-14-19-12(21-23-14)11-4-2-8(17)6-18-11/h1-6H,(H,19,20,21,22). The van der Waals surface area contributed by atoms with Gasteiger partial charge in [-0.2, -0.15) is 9.36 Å². The predicted octanol–water partition coefficient (Wildman–Crippen LogP) is 4.30. The number of nitrogens with one attached hydrogen (secondary N) is 1. The lowest BCUT2D eigenvalue weighted by Gasteiger charge is -2.02. The third-order valence-electron chi connectivity index (χ3n) is 2.78. The maximum atomic E-state index is 12.9. The van der Waals surface area contributed by atoms with Crippen LogP contribution in [0.4, 0.5) is 9.52 Å². The minimum atomic E-state index is -0.447. The number of aromatic nitrogens is 3. The van der Waals surface area contributed by atoms with E-state index in [1.165, 1.54) is 24.3 Å². The van der Waals surface area contributed by atoms with Gasteiger partial charge in [0.1, 0.15) is 11.5 Å². The maximum absolute atomic E-state index is 12.9. The first-order chi connectivity index (χ1) is 11.0. The van der Waals surface area contributed by atoms with Crippen LogP contribution >= 0.6 is 34.7 Å². The molecule has 0 aliphatic rings. The molecule has 23 heavy (non-hydrogen) atoms. The van der Waals surface area contributed by atoms with E-state index in [9.17, 15) is 9.18 Å². The number of rotatable bonds is 3. The van der Waals surface area contributed by atoms with Crippen molar-refractivity contribution in [3.63, 3.8) is 0 Å². The molecule has 0 saturated heterocycles. The third-order valence-corrected chi connectivity index (χ3v) is 4.15. The minimum Gasteiger partial charge on any atom is -0.297 e. The molecule has 2 heterocycles. The fourth-order valence-corrected chi connectivity index (χ4v) is 2.56. The van der Waals surface area contributed by atoms with Gasteiger partial charge in [0.25, 0.3) is 5.91 Å². The Hall–Kier alpha value is -2.09. The molecule has 0 spiro atoms. The number of anilines is 1. The summed E-state index contributed by atoms with van der Waals surface area (Å²) < 4.78 is 16.9. The smallest absolute Gasteiger partial charge is 0.257 e. The third kappa shape index (κ3) is 3.64. The predicted molar refractivity (Wildman–Crippen MR) is 87.5 cm³/mol. The molecule has 0 atom stereocenters. The van der Waals surface area contributed by atoms with Crippen LogP contribution < -0.4 is 5.32 Å². The Morgan fingerprint density at radius 1 is 1.17 bits per heavy atom. The molecule has 116 valence electrons. The fraction of sp³-hybridized carbons (Fsp3) is 0. The lowest BCUT2D eigenvalue weighted by molar-refractivity contribution is 0.102. The zero-order valence-corrected chi connectivity index (χ0v) is 13.6. The molecule has 0 radical (unpaired) electrons. The molecule has 1 N–H and O–H groups in total. The van der Waals surface area contributed by atoms with Crippen LogP contribution in [0.3, 0.4) is 0 Å². The van der Waals surface area contributed by atoms with Crippen LogP contribution in [0.5, 0.6) is 0 Å². The average Bonchev–Trinajstić information content (AvgIpc) is 2.99. The van der Waals surface area contributed by atoms with Crippen molar-refractivity contribution in [2.24, 2.45) is 0 Å². The Morgan fingerprint density at radius 2 is 2.00 bits per heavy atom. The van der Waals surface area contributed by atoms with Crippen molar-refractivity contribution in [3.05, 3.63) is 58.0 Å². The van der Waals surface area contributed by atoms with Gasteiger partial charge in [-0.3, -0.25) is 10.1 Å². The number of hydrogen-bond acceptors (Lipinski definition) is 5. The molecule has 0 aliphatic carbocycles. The van der Waals surface area contributed by atoms with E-state index in [0.29, 0.717) is 27.2 Å². The molecule has 3 rings (SSSR count). The van der Waals surface area contributed by atoms with Crippen molar-refractivity contribution in [2.75, 3.05) is 5.32 Å². The number of hydrogen-bond donors (Lipinski definition) is 1. The van der Waals surface area contributed by atoms with Gasteiger partial charge in [0.2, 0.25) is 5.13 Å². The first-order valence-electron chi connectivity index (χ1n) is 6.25. The highest BCUT2D eigenvalue weighted by Crippen LogP contribution is 2.24. The number of carbonyl (C=O) groups excluding carboxylic acids is 1. The Morgan fingerprint density at radius 3 is 2.70 bits per heavy atom. The second kappa shape index (κ2) is 6.57. The molecule has 0 saturated carbocycles. The van der Waals surface area contributed by atoms with Crippen molar-refractivity contribution in [1.82, 2.24) is 14.3 Å². The summed E-state index contributed by atoms with van der Waals surface area (Å²) in [4.78, 5) is 20.2. The molecule has 9 heteroatoms. The lowest BCUT2D eigenvalue weighted by atomic mass is 10.2. The largest absolute Gasteiger partial charge is 0.297 e. The van der Waals surface area contributed by atoms with Crippen molar-refractivity contribution in [2.45, 2.75) is 0 Å². The Balaban J connectivity index is 1.77. The topological polar surface area (TPSA) is 67.8 Å². The van der Waals surface area contributed by atoms with E-state index in [4.69, 9.17) is 23.2 Å². The van der Waals surface area contributed by atoms with E-state index in [0.717, 1.165) is 17.7 Å². The van der Waals surface area contributed by atoms with Crippen LogP contribution in [0, 0.1) is 5.82 Å². The highest BCUT2D eigenvalue weighted by atomic mass is 35.5. The maximum Gasteiger partial charge on any atom is 0.257 e. The van der Waals surface area contributed by atoms with Crippen LogP contribution in [0.1, 0.15) is 10.4 Å². The normalized spacial score (nSPS) is 10.6. The SMILES string of the molecule is O=C(Nc1nc(-c2ccc(F)cn2)ns1)c1ccc(Cl)c(Cl)c1. The van der Waals surface area contributed by atoms with E-state index in [1.54, 1.807) is 6.07 Å². The molecule has 1 amide bonds. The van der Waals surface area contributed by atoms with E-state index in [2.05, 4.69) is 19.7 Å². The van der Waals surface area contributed by atoms with Crippen molar-refractivity contribution in [3.8, 4) is 11.5 Å². The molecule has 1 aromatic carbocycles. The number of amides is 1. The second-order valence-electron chi connectivity index (χ2n) is 4.37. The second-order valence-corrected chi connectivity index (χ2v) is 5.93. The summed E-state index contributed by atoms with van der Waals surface area (Å²) in [6.45, 7) is 0. The molecule has 0 fully saturated rings. The molecule has 5 nitrogen and oxygen atoms in total. The van der Waals surface area contributed by atoms with Gasteiger partial charge >= 0.3 is 0 Å². The fourth-order valence-electron chi connectivity index (χ4n) is 1.69. The molecular formula is C14H7Cl2FN4OS. The number of nitrogens with zero attached hydrogens (tertiary/aromatic N) is 3. The molecule has 2 aromatic heterocycles. The van der Waals surface area contributed by atoms with E-state index in [-0.39, 0.29) is 5.02 Å². The first kappa shape index (κ1) is 15.8. The minimum absolute atomic E-state index is 0.285. The van der Waals surface area contributed by atoms with Gasteiger partial charge in [-0.05, 0) is 30.3 Å². The molecule has 0 unspecified atom stereocenters. The first-order valence-corrected chi connectivity index (χ1v) is 7.78. The Labute approximate surface area is 144 Å². The van der Waals surface area contributed by atoms with E-state index in [1.807, 2.05) is 0 Å². The zero-order valence-electron chi connectivity index (χ0n) is 11.3. The molecule has 0 bridgehead atoms. The summed E-state index contributed by atoms with van der Waals surface area (Å²) in [7, 11) is 0. The van der Waals surface area contributed by atoms with E-state index >= 15 is 0 Å². The highest BCUT2D eigenvalue weighted by molar-refractivity contribution is 7.10. The molecule has 0 aliphatic heterocycles. The molecular weight excluding hydrogens is 362 g/mol. The lowest BCUT2D eigenvalue weighted by Crippen LogP contribution is -2.11. The van der Waals surface area contributed by atoms with Gasteiger partial charge in [-0.15, -0.1) is 0 Å². The van der Waals surface area contributed by atoms with Crippen LogP contribution in [0.2, 0.25) is 10.0 Å². The average molecular weight is 369 g/mol. The zero-order chi connectivity index (χ0) is 16.4. The Bertz CT molecular complexity index is 869. The summed E-state index contributed by atoms with van der Waals surface area (Å²) in [6, 6.07) is 7.27. The van der Waals surface area contributed by atoms with Gasteiger partial charge in [0.15, 0.2) is 5.82 Å². The van der Waals surface area contributed by atoms with Crippen LogP contribution in [0.25, 0.3) is 11.5 Å². The number of pyridine rings is 1. The quantitative estimate of drug-likeness (QED) is 0.748.